The van der Waals surface area contributed by atoms with E-state index in [0.717, 1.165) is 24.5 Å². The van der Waals surface area contributed by atoms with Crippen LogP contribution in [0, 0.1) is 0 Å². The minimum atomic E-state index is -0.144. The number of carbonyl (C=O) groups excluding carboxylic acids is 1. The smallest absolute Gasteiger partial charge is 0.242 e. The summed E-state index contributed by atoms with van der Waals surface area (Å²) in [6, 6.07) is 14.2. The largest absolute Gasteiger partial charge is 0.353 e. The van der Waals surface area contributed by atoms with Gasteiger partial charge in [-0.05, 0) is 17.0 Å². The number of amides is 1. The monoisotopic (exact) mass is 272 g/mol. The van der Waals surface area contributed by atoms with Crippen LogP contribution in [0.4, 0.5) is 0 Å². The Morgan fingerprint density at radius 1 is 1.21 bits per heavy atom. The molecule has 1 N–H and O–H groups in total. The third-order valence-corrected chi connectivity index (χ3v) is 4.28. The minimum absolute atomic E-state index is 0.115. The van der Waals surface area contributed by atoms with Crippen molar-refractivity contribution in [2.75, 3.05) is 13.1 Å². The molecule has 0 spiro atoms. The predicted molar refractivity (Wildman–Crippen MR) is 76.9 cm³/mol. The zero-order valence-electron chi connectivity index (χ0n) is 10.6. The van der Waals surface area contributed by atoms with Gasteiger partial charge in [-0.25, -0.2) is 0 Å². The quantitative estimate of drug-likeness (QED) is 0.930. The fraction of sp³-hybridized carbons (Fsp3) is 0.267. The minimum Gasteiger partial charge on any atom is -0.353 e. The number of nitrogens with one attached hydrogen (secondary N) is 1. The van der Waals surface area contributed by atoms with Gasteiger partial charge >= 0.3 is 0 Å². The van der Waals surface area contributed by atoms with E-state index in [2.05, 4.69) is 22.3 Å². The maximum Gasteiger partial charge on any atom is 0.242 e. The van der Waals surface area contributed by atoms with Crippen LogP contribution in [0.15, 0.2) is 47.8 Å². The van der Waals surface area contributed by atoms with Crippen molar-refractivity contribution in [2.24, 2.45) is 0 Å². The summed E-state index contributed by atoms with van der Waals surface area (Å²) in [6.07, 6.45) is 0. The van der Waals surface area contributed by atoms with Crippen LogP contribution in [0.1, 0.15) is 16.5 Å². The third-order valence-electron chi connectivity index (χ3n) is 3.35. The SMILES string of the molecule is O=C1NCCN(Cc2ccccc2)C1c1cccs1. The van der Waals surface area contributed by atoms with Gasteiger partial charge in [0, 0.05) is 24.5 Å². The van der Waals surface area contributed by atoms with Gasteiger partial charge in [-0.3, -0.25) is 9.69 Å². The van der Waals surface area contributed by atoms with Gasteiger partial charge in [0.25, 0.3) is 0 Å². The van der Waals surface area contributed by atoms with Crippen LogP contribution >= 0.6 is 11.3 Å². The first kappa shape index (κ1) is 12.4. The van der Waals surface area contributed by atoms with Gasteiger partial charge < -0.3 is 5.32 Å². The maximum atomic E-state index is 12.1. The molecule has 1 fully saturated rings. The number of piperazine rings is 1. The summed E-state index contributed by atoms with van der Waals surface area (Å²) in [5, 5.41) is 4.99. The molecule has 3 nitrogen and oxygen atoms in total. The number of hydrogen-bond donors (Lipinski definition) is 1. The molecule has 0 radical (unpaired) electrons. The summed E-state index contributed by atoms with van der Waals surface area (Å²) >= 11 is 1.65. The molecular weight excluding hydrogens is 256 g/mol. The topological polar surface area (TPSA) is 32.3 Å². The summed E-state index contributed by atoms with van der Waals surface area (Å²) < 4.78 is 0. The van der Waals surface area contributed by atoms with Gasteiger partial charge in [-0.15, -0.1) is 11.3 Å². The molecule has 1 aromatic heterocycles. The van der Waals surface area contributed by atoms with Gasteiger partial charge in [0.15, 0.2) is 0 Å². The second-order valence-corrected chi connectivity index (χ2v) is 5.64. The second-order valence-electron chi connectivity index (χ2n) is 4.67. The van der Waals surface area contributed by atoms with Crippen LogP contribution in [0.5, 0.6) is 0 Å². The standard InChI is InChI=1S/C15H16N2OS/c18-15-14(13-7-4-10-19-13)17(9-8-16-15)11-12-5-2-1-3-6-12/h1-7,10,14H,8-9,11H2,(H,16,18). The van der Waals surface area contributed by atoms with E-state index in [1.165, 1.54) is 5.56 Å². The van der Waals surface area contributed by atoms with Crippen molar-refractivity contribution in [1.29, 1.82) is 0 Å². The average molecular weight is 272 g/mol. The van der Waals surface area contributed by atoms with Crippen LogP contribution in [-0.4, -0.2) is 23.9 Å². The molecule has 3 rings (SSSR count). The van der Waals surface area contributed by atoms with Crippen LogP contribution in [0.2, 0.25) is 0 Å². The molecule has 1 atom stereocenters. The highest BCUT2D eigenvalue weighted by atomic mass is 32.1. The molecule has 0 bridgehead atoms. The van der Waals surface area contributed by atoms with Crippen molar-refractivity contribution in [3.8, 4) is 0 Å². The van der Waals surface area contributed by atoms with Crippen molar-refractivity contribution in [3.63, 3.8) is 0 Å². The first-order valence-corrected chi connectivity index (χ1v) is 7.31. The van der Waals surface area contributed by atoms with Crippen LogP contribution in [0.3, 0.4) is 0 Å². The van der Waals surface area contributed by atoms with Crippen molar-refractivity contribution >= 4 is 17.2 Å². The molecule has 1 aliphatic rings. The van der Waals surface area contributed by atoms with E-state index in [9.17, 15) is 4.79 Å². The summed E-state index contributed by atoms with van der Waals surface area (Å²) in [6.45, 7) is 2.44. The zero-order chi connectivity index (χ0) is 13.1. The molecule has 98 valence electrons. The molecular formula is C15H16N2OS. The van der Waals surface area contributed by atoms with Crippen molar-refractivity contribution in [3.05, 3.63) is 58.3 Å². The van der Waals surface area contributed by atoms with Crippen molar-refractivity contribution in [2.45, 2.75) is 12.6 Å². The zero-order valence-corrected chi connectivity index (χ0v) is 11.4. The summed E-state index contributed by atoms with van der Waals surface area (Å²) in [5.74, 6) is 0.115. The lowest BCUT2D eigenvalue weighted by molar-refractivity contribution is -0.129. The molecule has 19 heavy (non-hydrogen) atoms. The highest BCUT2D eigenvalue weighted by Gasteiger charge is 2.31. The highest BCUT2D eigenvalue weighted by Crippen LogP contribution is 2.28. The lowest BCUT2D eigenvalue weighted by Gasteiger charge is -2.34. The van der Waals surface area contributed by atoms with Crippen LogP contribution in [0.25, 0.3) is 0 Å². The Balaban J connectivity index is 1.83. The molecule has 1 saturated heterocycles. The number of nitrogens with zero attached hydrogens (tertiary/aromatic N) is 1. The Morgan fingerprint density at radius 3 is 2.79 bits per heavy atom. The van der Waals surface area contributed by atoms with E-state index in [4.69, 9.17) is 0 Å². The number of carbonyl (C=O) groups is 1. The maximum absolute atomic E-state index is 12.1. The fourth-order valence-electron chi connectivity index (χ4n) is 2.46. The summed E-state index contributed by atoms with van der Waals surface area (Å²) in [5.41, 5.74) is 1.25. The average Bonchev–Trinajstić information content (AvgIpc) is 2.94. The first-order chi connectivity index (χ1) is 9.34. The van der Waals surface area contributed by atoms with Crippen LogP contribution < -0.4 is 5.32 Å². The molecule has 1 amide bonds. The summed E-state index contributed by atoms with van der Waals surface area (Å²) in [7, 11) is 0. The molecule has 4 heteroatoms. The van der Waals surface area contributed by atoms with E-state index in [1.54, 1.807) is 11.3 Å². The molecule has 1 aromatic carbocycles. The summed E-state index contributed by atoms with van der Waals surface area (Å²) in [4.78, 5) is 15.5. The first-order valence-electron chi connectivity index (χ1n) is 6.44. The Kier molecular flexibility index (Phi) is 3.62. The van der Waals surface area contributed by atoms with E-state index < -0.39 is 0 Å². The number of thiophene rings is 1. The van der Waals surface area contributed by atoms with Gasteiger partial charge in [0.2, 0.25) is 5.91 Å². The van der Waals surface area contributed by atoms with Gasteiger partial charge in [0.1, 0.15) is 6.04 Å². The van der Waals surface area contributed by atoms with Gasteiger partial charge in [0.05, 0.1) is 0 Å². The number of rotatable bonds is 3. The van der Waals surface area contributed by atoms with Crippen molar-refractivity contribution in [1.82, 2.24) is 10.2 Å². The lowest BCUT2D eigenvalue weighted by Crippen LogP contribution is -2.49. The molecule has 2 heterocycles. The normalized spacial score (nSPS) is 20.2. The lowest BCUT2D eigenvalue weighted by atomic mass is 10.1. The number of hydrogen-bond acceptors (Lipinski definition) is 3. The molecule has 0 aliphatic carbocycles. The molecule has 0 saturated carbocycles. The van der Waals surface area contributed by atoms with Crippen LogP contribution in [-0.2, 0) is 11.3 Å². The highest BCUT2D eigenvalue weighted by molar-refractivity contribution is 7.10. The Morgan fingerprint density at radius 2 is 2.05 bits per heavy atom. The van der Waals surface area contributed by atoms with Crippen molar-refractivity contribution < 1.29 is 4.79 Å². The molecule has 1 aliphatic heterocycles. The predicted octanol–water partition coefficient (Wildman–Crippen LogP) is 2.42. The van der Waals surface area contributed by atoms with Gasteiger partial charge in [-0.2, -0.15) is 0 Å². The number of benzene rings is 1. The third kappa shape index (κ3) is 2.69. The van der Waals surface area contributed by atoms with E-state index in [1.807, 2.05) is 35.7 Å². The van der Waals surface area contributed by atoms with E-state index in [-0.39, 0.29) is 11.9 Å². The van der Waals surface area contributed by atoms with E-state index in [0.29, 0.717) is 0 Å². The molecule has 1 unspecified atom stereocenters. The Labute approximate surface area is 116 Å². The van der Waals surface area contributed by atoms with Gasteiger partial charge in [-0.1, -0.05) is 36.4 Å². The Hall–Kier alpha value is -1.65. The molecule has 2 aromatic rings. The van der Waals surface area contributed by atoms with E-state index >= 15 is 0 Å². The Bertz CT molecular complexity index is 539. The fourth-order valence-corrected chi connectivity index (χ4v) is 3.31. The second kappa shape index (κ2) is 5.55.